The Balaban J connectivity index is 1.63. The summed E-state index contributed by atoms with van der Waals surface area (Å²) in [6.45, 7) is 0. The molecule has 4 aliphatic rings. The summed E-state index contributed by atoms with van der Waals surface area (Å²) >= 11 is 0. The third kappa shape index (κ3) is 1.17. The molecule has 0 aromatic heterocycles. The molecule has 4 bridgehead atoms. The van der Waals surface area contributed by atoms with Gasteiger partial charge in [0.05, 0.1) is 18.1 Å². The molecule has 94 valence electrons. The summed E-state index contributed by atoms with van der Waals surface area (Å²) in [6, 6.07) is 4.90. The molecule has 8 atom stereocenters. The summed E-state index contributed by atoms with van der Waals surface area (Å²) in [5, 5.41) is 18.3. The third-order valence-electron chi connectivity index (χ3n) is 6.79. The van der Waals surface area contributed by atoms with E-state index in [1.165, 1.54) is 25.7 Å². The van der Waals surface area contributed by atoms with Crippen molar-refractivity contribution >= 4 is 0 Å². The van der Waals surface area contributed by atoms with Crippen LogP contribution in [0.25, 0.3) is 0 Å². The number of hydrogen-bond acceptors (Lipinski definition) is 2. The van der Waals surface area contributed by atoms with Crippen molar-refractivity contribution in [3.8, 4) is 12.1 Å². The third-order valence-corrected chi connectivity index (χ3v) is 6.79. The van der Waals surface area contributed by atoms with Crippen LogP contribution in [-0.2, 0) is 0 Å². The number of nitrogens with zero attached hydrogens (tertiary/aromatic N) is 2. The molecule has 4 rings (SSSR count). The van der Waals surface area contributed by atoms with Gasteiger partial charge in [-0.2, -0.15) is 10.5 Å². The van der Waals surface area contributed by atoms with Crippen molar-refractivity contribution < 1.29 is 0 Å². The van der Waals surface area contributed by atoms with E-state index < -0.39 is 0 Å². The van der Waals surface area contributed by atoms with Crippen molar-refractivity contribution in [2.75, 3.05) is 0 Å². The lowest BCUT2D eigenvalue weighted by molar-refractivity contribution is 0.0743. The smallest absolute Gasteiger partial charge is 0.0661 e. The first-order valence-corrected chi connectivity index (χ1v) is 7.61. The molecule has 4 aliphatic carbocycles. The Hall–Kier alpha value is -1.02. The monoisotopic (exact) mass is 240 g/mol. The number of rotatable bonds is 2. The summed E-state index contributed by atoms with van der Waals surface area (Å²) in [4.78, 5) is 0. The zero-order valence-corrected chi connectivity index (χ0v) is 10.8. The van der Waals surface area contributed by atoms with E-state index >= 15 is 0 Å². The second-order valence-electron chi connectivity index (χ2n) is 7.07. The maximum atomic E-state index is 9.52. The molecular formula is C16H20N2. The molecule has 0 aromatic carbocycles. The van der Waals surface area contributed by atoms with Gasteiger partial charge in [0.2, 0.25) is 0 Å². The maximum absolute atomic E-state index is 9.52. The molecule has 0 spiro atoms. The minimum Gasteiger partial charge on any atom is -0.198 e. The van der Waals surface area contributed by atoms with Gasteiger partial charge in [0.1, 0.15) is 0 Å². The van der Waals surface area contributed by atoms with E-state index in [-0.39, 0.29) is 5.92 Å². The highest BCUT2D eigenvalue weighted by Crippen LogP contribution is 2.70. The van der Waals surface area contributed by atoms with Crippen molar-refractivity contribution in [1.29, 1.82) is 10.5 Å². The largest absolute Gasteiger partial charge is 0.198 e. The summed E-state index contributed by atoms with van der Waals surface area (Å²) in [5.74, 6) is 6.13. The molecule has 2 nitrogen and oxygen atoms in total. The minimum absolute atomic E-state index is 0.281. The zero-order chi connectivity index (χ0) is 12.3. The second-order valence-corrected chi connectivity index (χ2v) is 7.07. The van der Waals surface area contributed by atoms with Crippen molar-refractivity contribution in [2.45, 2.75) is 38.5 Å². The normalized spacial score (nSPS) is 55.2. The van der Waals surface area contributed by atoms with Gasteiger partial charge < -0.3 is 0 Å². The lowest BCUT2D eigenvalue weighted by Crippen LogP contribution is -2.37. The Kier molecular flexibility index (Phi) is 2.25. The topological polar surface area (TPSA) is 47.6 Å². The molecule has 8 unspecified atom stereocenters. The van der Waals surface area contributed by atoms with E-state index in [0.29, 0.717) is 18.3 Å². The Morgan fingerprint density at radius 1 is 0.944 bits per heavy atom. The molecule has 4 fully saturated rings. The van der Waals surface area contributed by atoms with Crippen LogP contribution in [0.1, 0.15) is 38.5 Å². The highest BCUT2D eigenvalue weighted by atomic mass is 14.7. The van der Waals surface area contributed by atoms with Crippen LogP contribution in [-0.4, -0.2) is 0 Å². The van der Waals surface area contributed by atoms with E-state index in [4.69, 9.17) is 5.26 Å². The fourth-order valence-corrected chi connectivity index (χ4v) is 6.53. The van der Waals surface area contributed by atoms with Gasteiger partial charge in [0.15, 0.2) is 0 Å². The van der Waals surface area contributed by atoms with Crippen LogP contribution in [0.4, 0.5) is 0 Å². The molecule has 0 aliphatic heterocycles. The first-order chi connectivity index (χ1) is 8.85. The molecule has 2 heteroatoms. The van der Waals surface area contributed by atoms with Gasteiger partial charge in [-0.05, 0) is 73.5 Å². The predicted octanol–water partition coefficient (Wildman–Crippen LogP) is 3.36. The summed E-state index contributed by atoms with van der Waals surface area (Å²) < 4.78 is 0. The first-order valence-electron chi connectivity index (χ1n) is 7.61. The maximum Gasteiger partial charge on any atom is 0.0661 e. The molecule has 0 saturated heterocycles. The molecule has 18 heavy (non-hydrogen) atoms. The minimum atomic E-state index is 0.281. The van der Waals surface area contributed by atoms with Gasteiger partial charge in [0, 0.05) is 6.42 Å². The highest BCUT2D eigenvalue weighted by Gasteiger charge is 2.65. The van der Waals surface area contributed by atoms with Crippen LogP contribution in [0.3, 0.4) is 0 Å². The fraction of sp³-hybridized carbons (Fsp3) is 0.875. The molecule has 0 radical (unpaired) electrons. The van der Waals surface area contributed by atoms with E-state index in [1.54, 1.807) is 0 Å². The van der Waals surface area contributed by atoms with Gasteiger partial charge in [-0.15, -0.1) is 0 Å². The molecule has 0 N–H and O–H groups in total. The molecule has 4 saturated carbocycles. The van der Waals surface area contributed by atoms with E-state index in [2.05, 4.69) is 12.1 Å². The van der Waals surface area contributed by atoms with Crippen molar-refractivity contribution in [3.05, 3.63) is 0 Å². The quantitative estimate of drug-likeness (QED) is 0.695. The second kappa shape index (κ2) is 3.74. The molecule has 0 aromatic rings. The Morgan fingerprint density at radius 2 is 1.67 bits per heavy atom. The van der Waals surface area contributed by atoms with Gasteiger partial charge >= 0.3 is 0 Å². The van der Waals surface area contributed by atoms with Crippen LogP contribution in [0.2, 0.25) is 0 Å². The van der Waals surface area contributed by atoms with Crippen LogP contribution in [0, 0.1) is 70.0 Å². The van der Waals surface area contributed by atoms with Crippen molar-refractivity contribution in [2.24, 2.45) is 47.3 Å². The Morgan fingerprint density at radius 3 is 2.33 bits per heavy atom. The number of hydrogen-bond donors (Lipinski definition) is 0. The van der Waals surface area contributed by atoms with E-state index in [0.717, 1.165) is 36.0 Å². The number of fused-ring (bicyclic) bond motifs is 9. The van der Waals surface area contributed by atoms with Gasteiger partial charge in [0.25, 0.3) is 0 Å². The number of nitriles is 2. The average molecular weight is 240 g/mol. The Bertz CT molecular complexity index is 443. The van der Waals surface area contributed by atoms with Gasteiger partial charge in [-0.1, -0.05) is 0 Å². The molecule has 0 heterocycles. The van der Waals surface area contributed by atoms with Crippen molar-refractivity contribution in [3.63, 3.8) is 0 Å². The predicted molar refractivity (Wildman–Crippen MR) is 66.8 cm³/mol. The van der Waals surface area contributed by atoms with E-state index in [1.807, 2.05) is 0 Å². The van der Waals surface area contributed by atoms with Gasteiger partial charge in [-0.3, -0.25) is 0 Å². The highest BCUT2D eigenvalue weighted by molar-refractivity contribution is 5.17. The van der Waals surface area contributed by atoms with Crippen LogP contribution < -0.4 is 0 Å². The Labute approximate surface area is 109 Å². The summed E-state index contributed by atoms with van der Waals surface area (Å²) in [6.07, 6.45) is 7.31. The van der Waals surface area contributed by atoms with Gasteiger partial charge in [-0.25, -0.2) is 0 Å². The first kappa shape index (κ1) is 10.9. The molecular weight excluding hydrogens is 220 g/mol. The summed E-state index contributed by atoms with van der Waals surface area (Å²) in [5.41, 5.74) is 0. The standard InChI is InChI=1S/C16H20N2/c17-5-1-2-11-12-7-13(14(11)8-18)16-10-4-3-9(6-10)15(12)16/h9-16H,1-4,6-7H2. The lowest BCUT2D eigenvalue weighted by atomic mass is 9.63. The van der Waals surface area contributed by atoms with Crippen LogP contribution in [0.5, 0.6) is 0 Å². The van der Waals surface area contributed by atoms with Crippen LogP contribution in [0.15, 0.2) is 0 Å². The van der Waals surface area contributed by atoms with Crippen LogP contribution >= 0.6 is 0 Å². The molecule has 0 amide bonds. The average Bonchev–Trinajstić information content (AvgIpc) is 3.11. The SMILES string of the molecule is N#CCCC1C(C#N)C2CC1C1C3CCC(C3)C21. The van der Waals surface area contributed by atoms with E-state index in [9.17, 15) is 5.26 Å². The summed E-state index contributed by atoms with van der Waals surface area (Å²) in [7, 11) is 0. The fourth-order valence-electron chi connectivity index (χ4n) is 6.53. The zero-order valence-electron chi connectivity index (χ0n) is 10.8. The lowest BCUT2D eigenvalue weighted by Gasteiger charge is -2.41. The van der Waals surface area contributed by atoms with Crippen molar-refractivity contribution in [1.82, 2.24) is 0 Å².